The number of nitrogens with zero attached hydrogens (tertiary/aromatic N) is 2. The summed E-state index contributed by atoms with van der Waals surface area (Å²) in [6, 6.07) is 8.21. The van der Waals surface area contributed by atoms with Crippen LogP contribution < -0.4 is 5.73 Å². The van der Waals surface area contributed by atoms with E-state index in [9.17, 15) is 8.42 Å². The highest BCUT2D eigenvalue weighted by Crippen LogP contribution is 2.21. The zero-order valence-electron chi connectivity index (χ0n) is 10.9. The summed E-state index contributed by atoms with van der Waals surface area (Å²) in [6.07, 6.45) is 2.90. The van der Waals surface area contributed by atoms with Gasteiger partial charge in [-0.15, -0.1) is 0 Å². The van der Waals surface area contributed by atoms with Crippen LogP contribution in [0, 0.1) is 0 Å². The topological polar surface area (TPSA) is 78.0 Å². The third-order valence-corrected chi connectivity index (χ3v) is 4.16. The molecule has 6 heteroatoms. The van der Waals surface area contributed by atoms with Crippen molar-refractivity contribution in [2.75, 3.05) is 6.26 Å². The van der Waals surface area contributed by atoms with Crippen LogP contribution in [0.25, 0.3) is 0 Å². The van der Waals surface area contributed by atoms with Gasteiger partial charge in [0, 0.05) is 19.0 Å². The Balaban J connectivity index is 2.33. The van der Waals surface area contributed by atoms with Crippen molar-refractivity contribution >= 4 is 9.84 Å². The average molecular weight is 279 g/mol. The molecule has 19 heavy (non-hydrogen) atoms. The Kier molecular flexibility index (Phi) is 3.73. The van der Waals surface area contributed by atoms with Gasteiger partial charge < -0.3 is 5.73 Å². The molecule has 1 heterocycles. The summed E-state index contributed by atoms with van der Waals surface area (Å²) in [4.78, 5) is 0.299. The van der Waals surface area contributed by atoms with Crippen LogP contribution in [0.5, 0.6) is 0 Å². The summed E-state index contributed by atoms with van der Waals surface area (Å²) in [7, 11) is -3.17. The molecule has 2 aromatic rings. The van der Waals surface area contributed by atoms with Crippen LogP contribution >= 0.6 is 0 Å². The number of aromatic nitrogens is 2. The van der Waals surface area contributed by atoms with E-state index in [0.29, 0.717) is 4.90 Å². The second-order valence-corrected chi connectivity index (χ2v) is 6.41. The predicted molar refractivity (Wildman–Crippen MR) is 73.5 cm³/mol. The number of hydrogen-bond donors (Lipinski definition) is 1. The molecule has 0 saturated carbocycles. The minimum atomic E-state index is -3.17. The van der Waals surface area contributed by atoms with E-state index in [4.69, 9.17) is 5.73 Å². The van der Waals surface area contributed by atoms with Gasteiger partial charge in [-0.05, 0) is 30.7 Å². The van der Waals surface area contributed by atoms with Crippen LogP contribution in [0.2, 0.25) is 0 Å². The van der Waals surface area contributed by atoms with Crippen molar-refractivity contribution in [2.24, 2.45) is 5.73 Å². The third-order valence-electron chi connectivity index (χ3n) is 3.03. The molecule has 0 aliphatic carbocycles. The van der Waals surface area contributed by atoms with Crippen LogP contribution in [-0.4, -0.2) is 24.5 Å². The Labute approximate surface area is 113 Å². The normalized spacial score (nSPS) is 13.4. The molecule has 0 radical (unpaired) electrons. The van der Waals surface area contributed by atoms with Crippen molar-refractivity contribution < 1.29 is 8.42 Å². The van der Waals surface area contributed by atoms with E-state index < -0.39 is 9.84 Å². The molecule has 0 saturated heterocycles. The average Bonchev–Trinajstić information content (AvgIpc) is 2.85. The van der Waals surface area contributed by atoms with Gasteiger partial charge in [0.05, 0.1) is 16.6 Å². The smallest absolute Gasteiger partial charge is 0.175 e. The van der Waals surface area contributed by atoms with Gasteiger partial charge in [0.1, 0.15) is 0 Å². The van der Waals surface area contributed by atoms with E-state index in [-0.39, 0.29) is 6.04 Å². The van der Waals surface area contributed by atoms with E-state index in [1.807, 2.05) is 17.7 Å². The molecule has 0 bridgehead atoms. The van der Waals surface area contributed by atoms with E-state index in [1.165, 1.54) is 6.26 Å². The summed E-state index contributed by atoms with van der Waals surface area (Å²) >= 11 is 0. The van der Waals surface area contributed by atoms with E-state index in [0.717, 1.165) is 17.8 Å². The van der Waals surface area contributed by atoms with Crippen molar-refractivity contribution in [2.45, 2.75) is 24.4 Å². The SMILES string of the molecule is CCn1nccc1C(N)c1ccc(S(C)(=O)=O)cc1. The van der Waals surface area contributed by atoms with Crippen LogP contribution in [0.1, 0.15) is 24.2 Å². The van der Waals surface area contributed by atoms with Gasteiger partial charge in [-0.3, -0.25) is 4.68 Å². The van der Waals surface area contributed by atoms with Crippen molar-refractivity contribution in [1.82, 2.24) is 9.78 Å². The Morgan fingerprint density at radius 2 is 1.89 bits per heavy atom. The molecule has 0 amide bonds. The van der Waals surface area contributed by atoms with Crippen molar-refractivity contribution in [1.29, 1.82) is 0 Å². The second kappa shape index (κ2) is 5.14. The molecular formula is C13H17N3O2S. The molecule has 1 aromatic carbocycles. The van der Waals surface area contributed by atoms with Gasteiger partial charge in [0.25, 0.3) is 0 Å². The molecule has 0 aliphatic rings. The van der Waals surface area contributed by atoms with Crippen LogP contribution in [0.3, 0.4) is 0 Å². The zero-order chi connectivity index (χ0) is 14.0. The van der Waals surface area contributed by atoms with Gasteiger partial charge in [-0.1, -0.05) is 12.1 Å². The fourth-order valence-corrected chi connectivity index (χ4v) is 2.59. The lowest BCUT2D eigenvalue weighted by atomic mass is 10.0. The molecule has 1 atom stereocenters. The minimum absolute atomic E-state index is 0.299. The number of nitrogens with two attached hydrogens (primary N) is 1. The Morgan fingerprint density at radius 3 is 2.42 bits per heavy atom. The molecular weight excluding hydrogens is 262 g/mol. The Bertz CT molecular complexity index is 659. The predicted octanol–water partition coefficient (Wildman–Crippen LogP) is 1.35. The fraction of sp³-hybridized carbons (Fsp3) is 0.308. The van der Waals surface area contributed by atoms with Crippen LogP contribution in [0.4, 0.5) is 0 Å². The summed E-state index contributed by atoms with van der Waals surface area (Å²) in [6.45, 7) is 2.74. The summed E-state index contributed by atoms with van der Waals surface area (Å²) < 4.78 is 24.6. The van der Waals surface area contributed by atoms with Gasteiger partial charge in [-0.25, -0.2) is 8.42 Å². The van der Waals surface area contributed by atoms with Crippen molar-refractivity contribution in [3.63, 3.8) is 0 Å². The third kappa shape index (κ3) is 2.85. The highest BCUT2D eigenvalue weighted by molar-refractivity contribution is 7.90. The van der Waals surface area contributed by atoms with Gasteiger partial charge >= 0.3 is 0 Å². The van der Waals surface area contributed by atoms with Gasteiger partial charge in [0.15, 0.2) is 9.84 Å². The molecule has 5 nitrogen and oxygen atoms in total. The van der Waals surface area contributed by atoms with E-state index in [2.05, 4.69) is 5.10 Å². The first kappa shape index (κ1) is 13.8. The highest BCUT2D eigenvalue weighted by atomic mass is 32.2. The lowest BCUT2D eigenvalue weighted by Crippen LogP contribution is -2.17. The maximum Gasteiger partial charge on any atom is 0.175 e. The first-order valence-electron chi connectivity index (χ1n) is 6.00. The maximum atomic E-state index is 11.4. The number of aryl methyl sites for hydroxylation is 1. The summed E-state index contributed by atoms with van der Waals surface area (Å²) in [5.41, 5.74) is 7.96. The molecule has 1 aromatic heterocycles. The Morgan fingerprint density at radius 1 is 1.26 bits per heavy atom. The highest BCUT2D eigenvalue weighted by Gasteiger charge is 2.14. The summed E-state index contributed by atoms with van der Waals surface area (Å²) in [5.74, 6) is 0. The van der Waals surface area contributed by atoms with Crippen LogP contribution in [0.15, 0.2) is 41.4 Å². The molecule has 0 spiro atoms. The minimum Gasteiger partial charge on any atom is -0.319 e. The number of sulfone groups is 1. The lowest BCUT2D eigenvalue weighted by molar-refractivity contribution is 0.599. The molecule has 102 valence electrons. The van der Waals surface area contributed by atoms with Gasteiger partial charge in [0.2, 0.25) is 0 Å². The quantitative estimate of drug-likeness (QED) is 0.916. The molecule has 2 N–H and O–H groups in total. The lowest BCUT2D eigenvalue weighted by Gasteiger charge is -2.14. The van der Waals surface area contributed by atoms with Crippen LogP contribution in [-0.2, 0) is 16.4 Å². The molecule has 1 unspecified atom stereocenters. The van der Waals surface area contributed by atoms with Crippen molar-refractivity contribution in [3.8, 4) is 0 Å². The van der Waals surface area contributed by atoms with Gasteiger partial charge in [-0.2, -0.15) is 5.10 Å². The fourth-order valence-electron chi connectivity index (χ4n) is 1.96. The molecule has 0 fully saturated rings. The number of hydrogen-bond acceptors (Lipinski definition) is 4. The second-order valence-electron chi connectivity index (χ2n) is 4.39. The zero-order valence-corrected chi connectivity index (χ0v) is 11.8. The number of rotatable bonds is 4. The first-order valence-corrected chi connectivity index (χ1v) is 7.90. The first-order chi connectivity index (χ1) is 8.93. The van der Waals surface area contributed by atoms with E-state index in [1.54, 1.807) is 30.5 Å². The monoisotopic (exact) mass is 279 g/mol. The van der Waals surface area contributed by atoms with E-state index >= 15 is 0 Å². The Hall–Kier alpha value is -1.66. The molecule has 0 aliphatic heterocycles. The van der Waals surface area contributed by atoms with Crippen molar-refractivity contribution in [3.05, 3.63) is 47.8 Å². The summed E-state index contributed by atoms with van der Waals surface area (Å²) in [5, 5.41) is 4.18. The molecule has 2 rings (SSSR count). The maximum absolute atomic E-state index is 11.4. The number of benzene rings is 1. The largest absolute Gasteiger partial charge is 0.319 e. The standard InChI is InChI=1S/C13H17N3O2S/c1-3-16-12(8-9-15-16)13(14)10-4-6-11(7-5-10)19(2,17)18/h4-9,13H,3,14H2,1-2H3.